The van der Waals surface area contributed by atoms with Crippen LogP contribution >= 0.6 is 0 Å². The summed E-state index contributed by atoms with van der Waals surface area (Å²) in [7, 11) is 1.91. The molecule has 0 unspecified atom stereocenters. The van der Waals surface area contributed by atoms with Gasteiger partial charge in [-0.1, -0.05) is 5.21 Å². The molecule has 5 rings (SSSR count). The number of amides is 1. The normalized spacial score (nSPS) is 18.4. The average molecular weight is 436 g/mol. The quantitative estimate of drug-likeness (QED) is 0.605. The summed E-state index contributed by atoms with van der Waals surface area (Å²) in [5.41, 5.74) is 1.50. The summed E-state index contributed by atoms with van der Waals surface area (Å²) in [5.74, 6) is 0.312. The molecule has 3 aromatic rings. The fourth-order valence-electron chi connectivity index (χ4n) is 3.68. The molecule has 0 bridgehead atoms. The molecule has 32 heavy (non-hydrogen) atoms. The number of nitrogens with zero attached hydrogens (tertiary/aromatic N) is 8. The van der Waals surface area contributed by atoms with Crippen LogP contribution in [0, 0.1) is 5.82 Å². The number of halogens is 1. The Balaban J connectivity index is 1.30. The number of pyridine rings is 1. The summed E-state index contributed by atoms with van der Waals surface area (Å²) < 4.78 is 21.9. The van der Waals surface area contributed by atoms with E-state index >= 15 is 0 Å². The van der Waals surface area contributed by atoms with Crippen LogP contribution in [0.2, 0.25) is 0 Å². The molecule has 10 nitrogen and oxygen atoms in total. The first-order valence-electron chi connectivity index (χ1n) is 10.2. The van der Waals surface area contributed by atoms with E-state index in [1.165, 1.54) is 11.0 Å². The van der Waals surface area contributed by atoms with E-state index in [1.54, 1.807) is 41.7 Å². The first kappa shape index (κ1) is 19.9. The van der Waals surface area contributed by atoms with Crippen LogP contribution in [0.4, 0.5) is 20.7 Å². The van der Waals surface area contributed by atoms with Crippen molar-refractivity contribution in [3.63, 3.8) is 0 Å². The fraction of sp³-hybridized carbons (Fsp3) is 0.286. The Morgan fingerprint density at radius 1 is 1.22 bits per heavy atom. The monoisotopic (exact) mass is 436 g/mol. The molecule has 0 radical (unpaired) electrons. The minimum absolute atomic E-state index is 0.306. The van der Waals surface area contributed by atoms with E-state index in [0.717, 1.165) is 18.9 Å². The minimum Gasteiger partial charge on any atom is -0.442 e. The number of likely N-dealkylation sites (N-methyl/N-ethyl adjacent to an activating group) is 1. The Bertz CT molecular complexity index is 1140. The first-order chi connectivity index (χ1) is 15.6. The van der Waals surface area contributed by atoms with E-state index in [4.69, 9.17) is 4.74 Å². The maximum absolute atomic E-state index is 15.0. The lowest BCUT2D eigenvalue weighted by Crippen LogP contribution is -2.36. The van der Waals surface area contributed by atoms with Gasteiger partial charge in [-0.25, -0.2) is 18.9 Å². The number of rotatable bonds is 5. The summed E-state index contributed by atoms with van der Waals surface area (Å²) >= 11 is 0. The van der Waals surface area contributed by atoms with Crippen LogP contribution in [0.15, 0.2) is 54.0 Å². The van der Waals surface area contributed by atoms with Gasteiger partial charge in [0, 0.05) is 37.1 Å². The smallest absolute Gasteiger partial charge is 0.414 e. The van der Waals surface area contributed by atoms with Crippen molar-refractivity contribution >= 4 is 23.9 Å². The van der Waals surface area contributed by atoms with Crippen LogP contribution in [-0.2, 0) is 11.3 Å². The molecular weight excluding hydrogens is 415 g/mol. The lowest BCUT2D eigenvalue weighted by molar-refractivity contribution is 0.129. The lowest BCUT2D eigenvalue weighted by atomic mass is 10.1. The van der Waals surface area contributed by atoms with Crippen molar-refractivity contribution in [3.8, 4) is 11.1 Å². The molecule has 11 heteroatoms. The van der Waals surface area contributed by atoms with Crippen LogP contribution < -0.4 is 9.80 Å². The third-order valence-electron chi connectivity index (χ3n) is 5.41. The van der Waals surface area contributed by atoms with Gasteiger partial charge < -0.3 is 9.64 Å². The molecule has 2 aliphatic rings. The van der Waals surface area contributed by atoms with E-state index in [-0.39, 0.29) is 6.10 Å². The second-order valence-corrected chi connectivity index (χ2v) is 7.62. The Kier molecular flexibility index (Phi) is 5.13. The average Bonchev–Trinajstić information content (AvgIpc) is 3.44. The number of benzene rings is 1. The Morgan fingerprint density at radius 3 is 2.81 bits per heavy atom. The van der Waals surface area contributed by atoms with Gasteiger partial charge in [-0.15, -0.1) is 5.10 Å². The molecule has 0 aliphatic carbocycles. The molecule has 1 saturated heterocycles. The van der Waals surface area contributed by atoms with E-state index < -0.39 is 11.9 Å². The van der Waals surface area contributed by atoms with Crippen LogP contribution in [0.3, 0.4) is 0 Å². The Labute approximate surface area is 183 Å². The van der Waals surface area contributed by atoms with Gasteiger partial charge in [0.2, 0.25) is 0 Å². The molecular formula is C21H21FN8O2. The van der Waals surface area contributed by atoms with Gasteiger partial charge in [-0.2, -0.15) is 5.10 Å². The predicted molar refractivity (Wildman–Crippen MR) is 116 cm³/mol. The summed E-state index contributed by atoms with van der Waals surface area (Å²) in [5, 5.41) is 13.7. The van der Waals surface area contributed by atoms with Gasteiger partial charge in [-0.3, -0.25) is 9.91 Å². The highest BCUT2D eigenvalue weighted by Gasteiger charge is 2.33. The number of cyclic esters (lactones) is 1. The van der Waals surface area contributed by atoms with Gasteiger partial charge in [0.05, 0.1) is 31.5 Å². The largest absolute Gasteiger partial charge is 0.442 e. The summed E-state index contributed by atoms with van der Waals surface area (Å²) in [6.45, 7) is 2.27. The SMILES string of the molecule is CN1CCN(c2ccc(-c3ccc(N4C[C@H](Cn5ccnn5)OC4=O)cc3F)cn2)C=N1. The van der Waals surface area contributed by atoms with Crippen molar-refractivity contribution in [2.24, 2.45) is 5.10 Å². The topological polar surface area (TPSA) is 92.0 Å². The maximum Gasteiger partial charge on any atom is 0.414 e. The predicted octanol–water partition coefficient (Wildman–Crippen LogP) is 2.20. The number of hydrogen-bond acceptors (Lipinski definition) is 8. The second-order valence-electron chi connectivity index (χ2n) is 7.62. The number of carbonyl (C=O) groups excluding carboxylic acids is 1. The van der Waals surface area contributed by atoms with Gasteiger partial charge >= 0.3 is 6.09 Å². The van der Waals surface area contributed by atoms with Crippen molar-refractivity contribution in [1.82, 2.24) is 25.0 Å². The van der Waals surface area contributed by atoms with Crippen molar-refractivity contribution in [2.75, 3.05) is 36.5 Å². The van der Waals surface area contributed by atoms with Crippen molar-refractivity contribution in [3.05, 3.63) is 54.7 Å². The number of hydrazone groups is 1. The number of hydrogen-bond donors (Lipinski definition) is 0. The first-order valence-corrected chi connectivity index (χ1v) is 10.2. The molecule has 1 fully saturated rings. The van der Waals surface area contributed by atoms with Gasteiger partial charge in [0.1, 0.15) is 24.1 Å². The van der Waals surface area contributed by atoms with Crippen molar-refractivity contribution in [2.45, 2.75) is 12.6 Å². The van der Waals surface area contributed by atoms with Gasteiger partial charge in [0.25, 0.3) is 0 Å². The van der Waals surface area contributed by atoms with E-state index in [9.17, 15) is 9.18 Å². The Morgan fingerprint density at radius 2 is 2.12 bits per heavy atom. The highest BCUT2D eigenvalue weighted by Crippen LogP contribution is 2.29. The highest BCUT2D eigenvalue weighted by molar-refractivity contribution is 5.90. The van der Waals surface area contributed by atoms with E-state index in [1.807, 2.05) is 29.1 Å². The number of carbonyl (C=O) groups is 1. The standard InChI is InChI=1S/C21H21FN8O2/c1-27-8-9-28(14-25-27)20-5-2-15(11-23-20)18-4-3-16(10-19(18)22)30-13-17(32-21(30)31)12-29-7-6-24-26-29/h2-7,10-11,14,17H,8-9,12-13H2,1H3/t17-/m0/s1. The summed E-state index contributed by atoms with van der Waals surface area (Å²) in [6, 6.07) is 8.36. The molecule has 1 amide bonds. The van der Waals surface area contributed by atoms with Crippen molar-refractivity contribution < 1.29 is 13.9 Å². The van der Waals surface area contributed by atoms with Gasteiger partial charge in [0.15, 0.2) is 0 Å². The van der Waals surface area contributed by atoms with E-state index in [0.29, 0.717) is 29.9 Å². The molecule has 1 aromatic carbocycles. The minimum atomic E-state index is -0.512. The van der Waals surface area contributed by atoms with Crippen LogP contribution in [0.5, 0.6) is 0 Å². The van der Waals surface area contributed by atoms with Crippen LogP contribution in [0.25, 0.3) is 11.1 Å². The van der Waals surface area contributed by atoms with Crippen LogP contribution in [0.1, 0.15) is 0 Å². The van der Waals surface area contributed by atoms with Gasteiger partial charge in [-0.05, 0) is 30.3 Å². The number of ether oxygens (including phenoxy) is 1. The lowest BCUT2D eigenvalue weighted by Gasteiger charge is -2.26. The van der Waals surface area contributed by atoms with Crippen LogP contribution in [-0.4, -0.2) is 70.2 Å². The zero-order valence-electron chi connectivity index (χ0n) is 17.4. The molecule has 1 atom stereocenters. The molecule has 4 heterocycles. The third-order valence-corrected chi connectivity index (χ3v) is 5.41. The Hall–Kier alpha value is -4.02. The second kappa shape index (κ2) is 8.25. The molecule has 2 aliphatic heterocycles. The van der Waals surface area contributed by atoms with E-state index in [2.05, 4.69) is 20.4 Å². The number of anilines is 2. The zero-order valence-corrected chi connectivity index (χ0v) is 17.4. The summed E-state index contributed by atoms with van der Waals surface area (Å²) in [6.07, 6.45) is 5.72. The molecule has 164 valence electrons. The molecule has 0 spiro atoms. The maximum atomic E-state index is 15.0. The zero-order chi connectivity index (χ0) is 22.1. The molecule has 0 saturated carbocycles. The molecule has 0 N–H and O–H groups in total. The third kappa shape index (κ3) is 3.96. The van der Waals surface area contributed by atoms with Crippen molar-refractivity contribution in [1.29, 1.82) is 0 Å². The summed E-state index contributed by atoms with van der Waals surface area (Å²) in [4.78, 5) is 20.1. The highest BCUT2D eigenvalue weighted by atomic mass is 19.1. The number of aromatic nitrogens is 4. The fourth-order valence-corrected chi connectivity index (χ4v) is 3.68. The molecule has 2 aromatic heterocycles.